The van der Waals surface area contributed by atoms with Crippen LogP contribution in [0.2, 0.25) is 0 Å². The second kappa shape index (κ2) is 39.8. The van der Waals surface area contributed by atoms with E-state index >= 15 is 0 Å². The standard InChI is InChI=1S/C48H86NO9P/c1-6-8-10-12-14-15-16-17-18-19-20-21-22-23-27-32-36-40-48(52)58-46(44-57-59(53,54)56-42-41-49(3,4)5)43-55-47(51)39-35-31-28-24-26-30-34-38-45(50)37-33-29-25-13-11-9-7-2/h17-18,24-25,28-30,33-34,37,45-46,50H,6-16,19-23,26-27,31-32,35-36,38-44H2,1-5H3/p+1/b18-17-,28-24+,29-25-,34-30-,37-33-/t45-,46-/m1/s1. The Hall–Kier alpha value is -2.33. The summed E-state index contributed by atoms with van der Waals surface area (Å²) in [7, 11) is 1.40. The number of aliphatic hydroxyl groups excluding tert-OH is 1. The van der Waals surface area contributed by atoms with E-state index in [9.17, 15) is 24.2 Å². The molecule has 0 saturated heterocycles. The van der Waals surface area contributed by atoms with Gasteiger partial charge in [-0.2, -0.15) is 0 Å². The van der Waals surface area contributed by atoms with Crippen LogP contribution in [0.1, 0.15) is 174 Å². The number of likely N-dealkylation sites (N-methyl/N-ethyl adjacent to an activating group) is 1. The van der Waals surface area contributed by atoms with Gasteiger partial charge in [-0.05, 0) is 70.6 Å². The molecule has 3 atom stereocenters. The molecule has 1 unspecified atom stereocenters. The summed E-state index contributed by atoms with van der Waals surface area (Å²) in [5.41, 5.74) is 0. The third-order valence-corrected chi connectivity index (χ3v) is 10.6. The number of nitrogens with zero attached hydrogens (tertiary/aromatic N) is 1. The molecule has 2 N–H and O–H groups in total. The number of ether oxygens (including phenoxy) is 2. The van der Waals surface area contributed by atoms with Crippen molar-refractivity contribution in [1.29, 1.82) is 0 Å². The van der Waals surface area contributed by atoms with Gasteiger partial charge >= 0.3 is 19.8 Å². The first-order chi connectivity index (χ1) is 28.4. The number of phosphoric ester groups is 1. The van der Waals surface area contributed by atoms with E-state index in [0.29, 0.717) is 36.7 Å². The molecule has 59 heavy (non-hydrogen) atoms. The summed E-state index contributed by atoms with van der Waals surface area (Å²) in [6.07, 6.45) is 44.4. The minimum Gasteiger partial charge on any atom is -0.462 e. The van der Waals surface area contributed by atoms with E-state index in [2.05, 4.69) is 32.1 Å². The van der Waals surface area contributed by atoms with Crippen molar-refractivity contribution in [2.24, 2.45) is 0 Å². The number of esters is 2. The fourth-order valence-electron chi connectivity index (χ4n) is 5.90. The average Bonchev–Trinajstić information content (AvgIpc) is 3.18. The molecule has 0 fully saturated rings. The van der Waals surface area contributed by atoms with Crippen molar-refractivity contribution in [3.05, 3.63) is 60.8 Å². The third-order valence-electron chi connectivity index (χ3n) is 9.60. The van der Waals surface area contributed by atoms with Crippen LogP contribution in [0.25, 0.3) is 0 Å². The number of unbranched alkanes of at least 4 members (excludes halogenated alkanes) is 17. The predicted octanol–water partition coefficient (Wildman–Crippen LogP) is 12.2. The number of carbonyl (C=O) groups excluding carboxylic acids is 2. The largest absolute Gasteiger partial charge is 0.472 e. The molecule has 0 spiro atoms. The first-order valence-electron chi connectivity index (χ1n) is 23.1. The predicted molar refractivity (Wildman–Crippen MR) is 244 cm³/mol. The zero-order chi connectivity index (χ0) is 43.7. The fraction of sp³-hybridized carbons (Fsp3) is 0.750. The first-order valence-corrected chi connectivity index (χ1v) is 24.6. The van der Waals surface area contributed by atoms with Crippen molar-refractivity contribution in [3.8, 4) is 0 Å². The molecule has 0 aromatic rings. The molecule has 0 heterocycles. The van der Waals surface area contributed by atoms with Gasteiger partial charge in [0.15, 0.2) is 6.10 Å². The Bertz CT molecular complexity index is 1210. The van der Waals surface area contributed by atoms with Crippen molar-refractivity contribution < 1.29 is 47.2 Å². The van der Waals surface area contributed by atoms with Crippen molar-refractivity contribution in [3.63, 3.8) is 0 Å². The monoisotopic (exact) mass is 853 g/mol. The van der Waals surface area contributed by atoms with Gasteiger partial charge in [0, 0.05) is 12.8 Å². The molecule has 0 radical (unpaired) electrons. The summed E-state index contributed by atoms with van der Waals surface area (Å²) in [6, 6.07) is 0. The normalized spacial score (nSPS) is 14.6. The smallest absolute Gasteiger partial charge is 0.462 e. The number of carbonyl (C=O) groups is 2. The van der Waals surface area contributed by atoms with Crippen LogP contribution in [-0.2, 0) is 32.7 Å². The average molecular weight is 853 g/mol. The fourth-order valence-corrected chi connectivity index (χ4v) is 6.65. The van der Waals surface area contributed by atoms with E-state index < -0.39 is 38.6 Å². The number of allylic oxidation sites excluding steroid dienone is 8. The number of quaternary nitrogens is 1. The zero-order valence-corrected chi connectivity index (χ0v) is 39.0. The van der Waals surface area contributed by atoms with Crippen molar-refractivity contribution in [2.75, 3.05) is 47.5 Å². The van der Waals surface area contributed by atoms with Crippen molar-refractivity contribution in [1.82, 2.24) is 0 Å². The van der Waals surface area contributed by atoms with Gasteiger partial charge < -0.3 is 24.0 Å². The number of phosphoric acid groups is 1. The molecular weight excluding hydrogens is 765 g/mol. The number of aliphatic hydroxyl groups is 1. The SMILES string of the molecule is CCCCC/C=C\C=C/[C@@H](O)C/C=C\C/C=C/CCCC(=O)OC[C@H](COP(=O)(O)OCC[N+](C)(C)C)OC(=O)CCCCCCCCC/C=C\CCCCCCCC. The van der Waals surface area contributed by atoms with Gasteiger partial charge in [-0.3, -0.25) is 18.6 Å². The molecular formula is C48H87NO9P+. The highest BCUT2D eigenvalue weighted by Gasteiger charge is 2.27. The van der Waals surface area contributed by atoms with Gasteiger partial charge in [0.2, 0.25) is 0 Å². The second-order valence-electron chi connectivity index (χ2n) is 16.6. The minimum absolute atomic E-state index is 0.00982. The van der Waals surface area contributed by atoms with Gasteiger partial charge in [-0.25, -0.2) is 4.57 Å². The summed E-state index contributed by atoms with van der Waals surface area (Å²) in [5, 5.41) is 10.1. The Morgan fingerprint density at radius 1 is 0.610 bits per heavy atom. The van der Waals surface area contributed by atoms with Crippen molar-refractivity contribution >= 4 is 19.8 Å². The highest BCUT2D eigenvalue weighted by atomic mass is 31.2. The van der Waals surface area contributed by atoms with E-state index in [1.54, 1.807) is 6.08 Å². The summed E-state index contributed by atoms with van der Waals surface area (Å²) < 4.78 is 34.2. The maximum absolute atomic E-state index is 12.7. The highest BCUT2D eigenvalue weighted by molar-refractivity contribution is 7.47. The lowest BCUT2D eigenvalue weighted by Crippen LogP contribution is -2.37. The lowest BCUT2D eigenvalue weighted by atomic mass is 10.1. The first kappa shape index (κ1) is 56.7. The molecule has 0 aliphatic carbocycles. The van der Waals surface area contributed by atoms with Crippen LogP contribution in [0.4, 0.5) is 0 Å². The molecule has 0 amide bonds. The van der Waals surface area contributed by atoms with Crippen LogP contribution >= 0.6 is 7.82 Å². The molecule has 11 heteroatoms. The lowest BCUT2D eigenvalue weighted by molar-refractivity contribution is -0.870. The number of hydrogen-bond donors (Lipinski definition) is 2. The Labute approximate surface area is 360 Å². The molecule has 0 aromatic carbocycles. The Morgan fingerprint density at radius 3 is 1.80 bits per heavy atom. The van der Waals surface area contributed by atoms with Gasteiger partial charge in [0.25, 0.3) is 0 Å². The van der Waals surface area contributed by atoms with Crippen LogP contribution in [-0.4, -0.2) is 86.1 Å². The van der Waals surface area contributed by atoms with Crippen molar-refractivity contribution in [2.45, 2.75) is 187 Å². The summed E-state index contributed by atoms with van der Waals surface area (Å²) in [5.74, 6) is -0.913. The van der Waals surface area contributed by atoms with Crippen LogP contribution in [0.15, 0.2) is 60.8 Å². The Balaban J connectivity index is 4.49. The number of hydrogen-bond acceptors (Lipinski definition) is 8. The van der Waals surface area contributed by atoms with Gasteiger partial charge in [-0.15, -0.1) is 0 Å². The highest BCUT2D eigenvalue weighted by Crippen LogP contribution is 2.43. The topological polar surface area (TPSA) is 129 Å². The second-order valence-corrected chi connectivity index (χ2v) is 18.1. The molecule has 0 bridgehead atoms. The Kier molecular flexibility index (Phi) is 38.2. The molecule has 0 aliphatic heterocycles. The van der Waals surface area contributed by atoms with Crippen LogP contribution < -0.4 is 0 Å². The molecule has 0 rings (SSSR count). The van der Waals surface area contributed by atoms with E-state index in [4.69, 9.17) is 18.5 Å². The van der Waals surface area contributed by atoms with Crippen LogP contribution in [0.3, 0.4) is 0 Å². The minimum atomic E-state index is -4.41. The summed E-state index contributed by atoms with van der Waals surface area (Å²) in [4.78, 5) is 35.4. The van der Waals surface area contributed by atoms with Gasteiger partial charge in [0.05, 0.1) is 33.9 Å². The molecule has 0 aromatic heterocycles. The summed E-state index contributed by atoms with van der Waals surface area (Å²) in [6.45, 7) is 4.22. The van der Waals surface area contributed by atoms with Gasteiger partial charge in [0.1, 0.15) is 19.8 Å². The molecule has 0 aliphatic rings. The molecule has 10 nitrogen and oxygen atoms in total. The van der Waals surface area contributed by atoms with E-state index in [1.165, 1.54) is 83.5 Å². The quantitative estimate of drug-likeness (QED) is 0.0154. The van der Waals surface area contributed by atoms with Crippen LogP contribution in [0.5, 0.6) is 0 Å². The summed E-state index contributed by atoms with van der Waals surface area (Å²) >= 11 is 0. The maximum Gasteiger partial charge on any atom is 0.472 e. The molecule has 0 saturated carbocycles. The van der Waals surface area contributed by atoms with Crippen LogP contribution in [0, 0.1) is 0 Å². The van der Waals surface area contributed by atoms with E-state index in [0.717, 1.165) is 38.5 Å². The number of rotatable bonds is 41. The maximum atomic E-state index is 12.7. The van der Waals surface area contributed by atoms with Gasteiger partial charge in [-0.1, -0.05) is 152 Å². The zero-order valence-electron chi connectivity index (χ0n) is 38.1. The third kappa shape index (κ3) is 43.6. The van der Waals surface area contributed by atoms with E-state index in [-0.39, 0.29) is 26.1 Å². The molecule has 342 valence electrons. The lowest BCUT2D eigenvalue weighted by Gasteiger charge is -2.24. The Morgan fingerprint density at radius 2 is 1.14 bits per heavy atom. The van der Waals surface area contributed by atoms with E-state index in [1.807, 2.05) is 57.6 Å².